The average Bonchev–Trinajstić information content (AvgIpc) is 3.23. The molecule has 0 spiro atoms. The van der Waals surface area contributed by atoms with Crippen molar-refractivity contribution >= 4 is 29.0 Å². The van der Waals surface area contributed by atoms with Gasteiger partial charge in [-0.05, 0) is 48.4 Å². The first-order valence-corrected chi connectivity index (χ1v) is 8.15. The molecular formula is C15H20ClN7O. The molecule has 1 saturated carbocycles. The molecule has 9 heteroatoms. The molecule has 0 aliphatic heterocycles. The molecule has 3 rings (SSSR count). The predicted molar refractivity (Wildman–Crippen MR) is 92.4 cm³/mol. The van der Waals surface area contributed by atoms with Crippen LogP contribution in [0.1, 0.15) is 37.7 Å². The molecule has 2 N–H and O–H groups in total. The van der Waals surface area contributed by atoms with Crippen LogP contribution in [0.25, 0.3) is 0 Å². The molecule has 128 valence electrons. The van der Waals surface area contributed by atoms with Gasteiger partial charge in [0.05, 0.1) is 23.5 Å². The van der Waals surface area contributed by atoms with Crippen LogP contribution in [0.3, 0.4) is 0 Å². The Morgan fingerprint density at radius 3 is 2.83 bits per heavy atom. The van der Waals surface area contributed by atoms with Gasteiger partial charge in [-0.3, -0.25) is 0 Å². The number of nitrogens with one attached hydrogen (secondary N) is 2. The molecule has 1 unspecified atom stereocenters. The minimum atomic E-state index is -0.335. The van der Waals surface area contributed by atoms with Crippen molar-refractivity contribution in [3.63, 3.8) is 0 Å². The number of anilines is 2. The highest BCUT2D eigenvalue weighted by Crippen LogP contribution is 2.35. The van der Waals surface area contributed by atoms with Crippen molar-refractivity contribution in [3.05, 3.63) is 29.0 Å². The number of rotatable bonds is 5. The SMILES string of the molecule is CC(NC(=O)Nc1cc(Cl)ccc1N(C)C)c1nnnn1C1CC1. The van der Waals surface area contributed by atoms with Crippen LogP contribution in [0.4, 0.5) is 16.2 Å². The van der Waals surface area contributed by atoms with Crippen LogP contribution in [0.5, 0.6) is 0 Å². The molecule has 8 nitrogen and oxygen atoms in total. The number of tetrazole rings is 1. The zero-order chi connectivity index (χ0) is 17.3. The van der Waals surface area contributed by atoms with Crippen molar-refractivity contribution in [1.29, 1.82) is 0 Å². The lowest BCUT2D eigenvalue weighted by molar-refractivity contribution is 0.248. The van der Waals surface area contributed by atoms with E-state index in [-0.39, 0.29) is 12.1 Å². The molecule has 0 saturated heterocycles. The van der Waals surface area contributed by atoms with E-state index in [0.29, 0.717) is 22.6 Å². The van der Waals surface area contributed by atoms with Gasteiger partial charge in [-0.2, -0.15) is 0 Å². The largest absolute Gasteiger partial charge is 0.376 e. The summed E-state index contributed by atoms with van der Waals surface area (Å²) in [6, 6.07) is 5.08. The maximum atomic E-state index is 12.3. The Bertz CT molecular complexity index is 741. The molecule has 1 aliphatic rings. The second kappa shape index (κ2) is 6.64. The Morgan fingerprint density at radius 2 is 2.17 bits per heavy atom. The van der Waals surface area contributed by atoms with Gasteiger partial charge >= 0.3 is 6.03 Å². The third-order valence-corrected chi connectivity index (χ3v) is 4.07. The quantitative estimate of drug-likeness (QED) is 0.866. The van der Waals surface area contributed by atoms with E-state index in [4.69, 9.17) is 11.6 Å². The van der Waals surface area contributed by atoms with E-state index in [9.17, 15) is 4.79 Å². The predicted octanol–water partition coefficient (Wildman–Crippen LogP) is 2.61. The zero-order valence-corrected chi connectivity index (χ0v) is 14.6. The molecule has 1 aromatic carbocycles. The first-order chi connectivity index (χ1) is 11.5. The highest BCUT2D eigenvalue weighted by molar-refractivity contribution is 6.31. The van der Waals surface area contributed by atoms with Crippen LogP contribution in [-0.2, 0) is 0 Å². The van der Waals surface area contributed by atoms with Crippen LogP contribution in [0.15, 0.2) is 18.2 Å². The van der Waals surface area contributed by atoms with Gasteiger partial charge in [0.15, 0.2) is 5.82 Å². The summed E-state index contributed by atoms with van der Waals surface area (Å²) in [5, 5.41) is 18.0. The van der Waals surface area contributed by atoms with Crippen molar-refractivity contribution < 1.29 is 4.79 Å². The van der Waals surface area contributed by atoms with E-state index in [1.54, 1.807) is 16.8 Å². The van der Waals surface area contributed by atoms with Gasteiger partial charge in [0.1, 0.15) is 0 Å². The maximum absolute atomic E-state index is 12.3. The average molecular weight is 350 g/mol. The fraction of sp³-hybridized carbons (Fsp3) is 0.467. The fourth-order valence-corrected chi connectivity index (χ4v) is 2.65. The van der Waals surface area contributed by atoms with Crippen LogP contribution < -0.4 is 15.5 Å². The Labute approximate surface area is 145 Å². The Kier molecular flexibility index (Phi) is 4.57. The zero-order valence-electron chi connectivity index (χ0n) is 13.8. The number of amides is 2. The molecule has 1 heterocycles. The topological polar surface area (TPSA) is 88.0 Å². The molecule has 2 amide bonds. The van der Waals surface area contributed by atoms with Gasteiger partial charge in [-0.1, -0.05) is 11.6 Å². The first kappa shape index (κ1) is 16.5. The molecule has 1 atom stereocenters. The normalized spacial score (nSPS) is 15.0. The van der Waals surface area contributed by atoms with Gasteiger partial charge in [0, 0.05) is 19.1 Å². The minimum Gasteiger partial charge on any atom is -0.376 e. The van der Waals surface area contributed by atoms with E-state index in [1.807, 2.05) is 32.0 Å². The second-order valence-electron chi connectivity index (χ2n) is 6.09. The lowest BCUT2D eigenvalue weighted by atomic mass is 10.2. The van der Waals surface area contributed by atoms with Crippen LogP contribution >= 0.6 is 11.6 Å². The standard InChI is InChI=1S/C15H20ClN7O/c1-9(14-19-20-21-23(14)11-5-6-11)17-15(24)18-12-8-10(16)4-7-13(12)22(2)3/h4,7-9,11H,5-6H2,1-3H3,(H2,17,18,24). The number of hydrogen-bond donors (Lipinski definition) is 2. The summed E-state index contributed by atoms with van der Waals surface area (Å²) in [4.78, 5) is 14.2. The summed E-state index contributed by atoms with van der Waals surface area (Å²) < 4.78 is 1.79. The summed E-state index contributed by atoms with van der Waals surface area (Å²) in [5.41, 5.74) is 1.50. The van der Waals surface area contributed by atoms with Crippen LogP contribution in [0, 0.1) is 0 Å². The van der Waals surface area contributed by atoms with Crippen molar-refractivity contribution in [2.45, 2.75) is 31.8 Å². The van der Waals surface area contributed by atoms with Crippen molar-refractivity contribution in [1.82, 2.24) is 25.5 Å². The first-order valence-electron chi connectivity index (χ1n) is 7.78. The lowest BCUT2D eigenvalue weighted by Crippen LogP contribution is -2.33. The van der Waals surface area contributed by atoms with Crippen molar-refractivity contribution in [2.75, 3.05) is 24.3 Å². The van der Waals surface area contributed by atoms with E-state index in [2.05, 4.69) is 26.2 Å². The molecule has 1 aliphatic carbocycles. The maximum Gasteiger partial charge on any atom is 0.319 e. The number of nitrogens with zero attached hydrogens (tertiary/aromatic N) is 5. The molecule has 2 aromatic rings. The van der Waals surface area contributed by atoms with Gasteiger partial charge < -0.3 is 15.5 Å². The summed E-state index contributed by atoms with van der Waals surface area (Å²) in [6.07, 6.45) is 2.15. The number of halogens is 1. The third-order valence-electron chi connectivity index (χ3n) is 3.83. The summed E-state index contributed by atoms with van der Waals surface area (Å²) in [6.45, 7) is 1.86. The van der Waals surface area contributed by atoms with E-state index < -0.39 is 0 Å². The number of benzene rings is 1. The highest BCUT2D eigenvalue weighted by atomic mass is 35.5. The summed E-state index contributed by atoms with van der Waals surface area (Å²) in [5.74, 6) is 0.659. The Morgan fingerprint density at radius 1 is 1.42 bits per heavy atom. The van der Waals surface area contributed by atoms with Gasteiger partial charge in [0.2, 0.25) is 0 Å². The minimum absolute atomic E-state index is 0.303. The molecule has 1 fully saturated rings. The molecular weight excluding hydrogens is 330 g/mol. The molecule has 0 bridgehead atoms. The van der Waals surface area contributed by atoms with Crippen molar-refractivity contribution in [2.24, 2.45) is 0 Å². The lowest BCUT2D eigenvalue weighted by Gasteiger charge is -2.19. The fourth-order valence-electron chi connectivity index (χ4n) is 2.48. The Hall–Kier alpha value is -2.35. The number of hydrogen-bond acceptors (Lipinski definition) is 5. The summed E-state index contributed by atoms with van der Waals surface area (Å²) >= 11 is 6.03. The van der Waals surface area contributed by atoms with E-state index in [0.717, 1.165) is 18.5 Å². The van der Waals surface area contributed by atoms with Crippen LogP contribution in [0.2, 0.25) is 5.02 Å². The van der Waals surface area contributed by atoms with Gasteiger partial charge in [-0.15, -0.1) is 5.10 Å². The number of carbonyl (C=O) groups excluding carboxylic acids is 1. The second-order valence-corrected chi connectivity index (χ2v) is 6.53. The molecule has 1 aromatic heterocycles. The van der Waals surface area contributed by atoms with Gasteiger partial charge in [-0.25, -0.2) is 9.48 Å². The van der Waals surface area contributed by atoms with E-state index in [1.165, 1.54) is 0 Å². The van der Waals surface area contributed by atoms with Crippen LogP contribution in [-0.4, -0.2) is 40.3 Å². The smallest absolute Gasteiger partial charge is 0.319 e. The molecule has 0 radical (unpaired) electrons. The highest BCUT2D eigenvalue weighted by Gasteiger charge is 2.30. The van der Waals surface area contributed by atoms with E-state index >= 15 is 0 Å². The third kappa shape index (κ3) is 3.59. The van der Waals surface area contributed by atoms with Crippen molar-refractivity contribution in [3.8, 4) is 0 Å². The van der Waals surface area contributed by atoms with Gasteiger partial charge in [0.25, 0.3) is 0 Å². The number of carbonyl (C=O) groups is 1. The summed E-state index contributed by atoms with van der Waals surface area (Å²) in [7, 11) is 3.80. The number of urea groups is 1. The molecule has 24 heavy (non-hydrogen) atoms. The number of aromatic nitrogens is 4. The Balaban J connectivity index is 1.69. The monoisotopic (exact) mass is 349 g/mol.